The summed E-state index contributed by atoms with van der Waals surface area (Å²) in [6, 6.07) is 7.14. The Bertz CT molecular complexity index is 360. The number of hydrogen-bond donors (Lipinski definition) is 1. The van der Waals surface area contributed by atoms with Crippen LogP contribution in [0.2, 0.25) is 5.02 Å². The minimum absolute atomic E-state index is 0.235. The van der Waals surface area contributed by atoms with E-state index in [1.165, 1.54) is 0 Å². The van der Waals surface area contributed by atoms with E-state index in [4.69, 9.17) is 21.6 Å². The van der Waals surface area contributed by atoms with E-state index in [2.05, 4.69) is 11.4 Å². The van der Waals surface area contributed by atoms with E-state index in [1.807, 2.05) is 0 Å². The molecule has 1 N–H and O–H groups in total. The van der Waals surface area contributed by atoms with Crippen molar-refractivity contribution < 1.29 is 4.74 Å². The lowest BCUT2D eigenvalue weighted by molar-refractivity contribution is 0.415. The maximum atomic E-state index is 8.61. The van der Waals surface area contributed by atoms with Gasteiger partial charge in [-0.05, 0) is 19.1 Å². The van der Waals surface area contributed by atoms with Gasteiger partial charge in [0.25, 0.3) is 0 Å². The van der Waals surface area contributed by atoms with E-state index < -0.39 is 0 Å². The monoisotopic (exact) mass is 210 g/mol. The van der Waals surface area contributed by atoms with Gasteiger partial charge >= 0.3 is 0 Å². The number of nitrogens with zero attached hydrogens (tertiary/aromatic N) is 1. The molecule has 14 heavy (non-hydrogen) atoms. The van der Waals surface area contributed by atoms with E-state index in [0.717, 1.165) is 5.69 Å². The number of ether oxygens (including phenoxy) is 1. The summed E-state index contributed by atoms with van der Waals surface area (Å²) in [5.41, 5.74) is 0.820. The lowest BCUT2D eigenvalue weighted by Crippen LogP contribution is -2.11. The van der Waals surface area contributed by atoms with Crippen LogP contribution in [0, 0.1) is 11.3 Å². The van der Waals surface area contributed by atoms with Crippen LogP contribution in [-0.4, -0.2) is 13.2 Å². The third kappa shape index (κ3) is 2.54. The fraction of sp³-hybridized carbons (Fsp3) is 0.300. The van der Waals surface area contributed by atoms with Crippen molar-refractivity contribution in [2.45, 2.75) is 13.0 Å². The van der Waals surface area contributed by atoms with Crippen molar-refractivity contribution >= 4 is 17.3 Å². The molecule has 0 fully saturated rings. The molecule has 0 radical (unpaired) electrons. The standard InChI is InChI=1S/C10H11ClN2O/c1-7(6-12)13-8-3-4-9(11)10(5-8)14-2/h3-5,7,13H,1-2H3. The van der Waals surface area contributed by atoms with Crippen LogP contribution in [0.5, 0.6) is 5.75 Å². The third-order valence-corrected chi connectivity index (χ3v) is 2.04. The molecule has 0 aliphatic rings. The molecule has 0 saturated heterocycles. The highest BCUT2D eigenvalue weighted by atomic mass is 35.5. The van der Waals surface area contributed by atoms with E-state index in [0.29, 0.717) is 10.8 Å². The Morgan fingerprint density at radius 3 is 2.86 bits per heavy atom. The van der Waals surface area contributed by atoms with Crippen molar-refractivity contribution in [2.24, 2.45) is 0 Å². The molecule has 0 spiro atoms. The van der Waals surface area contributed by atoms with Gasteiger partial charge in [0, 0.05) is 11.8 Å². The molecule has 1 aromatic carbocycles. The topological polar surface area (TPSA) is 45.0 Å². The van der Waals surface area contributed by atoms with Crippen LogP contribution in [0.1, 0.15) is 6.92 Å². The molecule has 0 aliphatic heterocycles. The fourth-order valence-electron chi connectivity index (χ4n) is 1.03. The molecule has 0 amide bonds. The van der Waals surface area contributed by atoms with Crippen LogP contribution in [-0.2, 0) is 0 Å². The first kappa shape index (κ1) is 10.7. The van der Waals surface area contributed by atoms with Crippen LogP contribution in [0.25, 0.3) is 0 Å². The van der Waals surface area contributed by atoms with Crippen LogP contribution in [0.15, 0.2) is 18.2 Å². The maximum Gasteiger partial charge on any atom is 0.139 e. The summed E-state index contributed by atoms with van der Waals surface area (Å²) in [4.78, 5) is 0. The quantitative estimate of drug-likeness (QED) is 0.834. The number of benzene rings is 1. The maximum absolute atomic E-state index is 8.61. The van der Waals surface area contributed by atoms with Crippen molar-refractivity contribution in [1.82, 2.24) is 0 Å². The molecule has 0 heterocycles. The van der Waals surface area contributed by atoms with Crippen molar-refractivity contribution in [1.29, 1.82) is 5.26 Å². The summed E-state index contributed by atoms with van der Waals surface area (Å²) in [6.45, 7) is 1.78. The van der Waals surface area contributed by atoms with E-state index >= 15 is 0 Å². The van der Waals surface area contributed by atoms with E-state index in [1.54, 1.807) is 32.2 Å². The molecule has 0 bridgehead atoms. The predicted octanol–water partition coefficient (Wildman–Crippen LogP) is 2.67. The normalized spacial score (nSPS) is 11.6. The van der Waals surface area contributed by atoms with Gasteiger partial charge in [-0.3, -0.25) is 0 Å². The average molecular weight is 211 g/mol. The lowest BCUT2D eigenvalue weighted by atomic mass is 10.2. The number of hydrogen-bond acceptors (Lipinski definition) is 3. The molecule has 0 aliphatic carbocycles. The summed E-state index contributed by atoms with van der Waals surface area (Å²) in [6.07, 6.45) is 0. The van der Waals surface area contributed by atoms with Gasteiger partial charge in [0.05, 0.1) is 18.2 Å². The molecular formula is C10H11ClN2O. The van der Waals surface area contributed by atoms with Crippen LogP contribution < -0.4 is 10.1 Å². The Kier molecular flexibility index (Phi) is 3.61. The molecule has 0 aromatic heterocycles. The predicted molar refractivity (Wildman–Crippen MR) is 56.7 cm³/mol. The van der Waals surface area contributed by atoms with Crippen LogP contribution in [0.3, 0.4) is 0 Å². The molecule has 1 rings (SSSR count). The first-order valence-corrected chi connectivity index (χ1v) is 4.55. The van der Waals surface area contributed by atoms with Gasteiger partial charge in [0.15, 0.2) is 0 Å². The van der Waals surface area contributed by atoms with Gasteiger partial charge < -0.3 is 10.1 Å². The minimum atomic E-state index is -0.235. The average Bonchev–Trinajstić information content (AvgIpc) is 2.20. The Balaban J connectivity index is 2.85. The Morgan fingerprint density at radius 2 is 2.29 bits per heavy atom. The van der Waals surface area contributed by atoms with Gasteiger partial charge in [0.2, 0.25) is 0 Å². The number of methoxy groups -OCH3 is 1. The molecule has 1 atom stereocenters. The summed E-state index contributed by atoms with van der Waals surface area (Å²) in [5, 5.41) is 12.2. The fourth-order valence-corrected chi connectivity index (χ4v) is 1.23. The SMILES string of the molecule is COc1cc(NC(C)C#N)ccc1Cl. The zero-order valence-corrected chi connectivity index (χ0v) is 8.80. The number of nitriles is 1. The van der Waals surface area contributed by atoms with Crippen molar-refractivity contribution in [3.05, 3.63) is 23.2 Å². The summed E-state index contributed by atoms with van der Waals surface area (Å²) < 4.78 is 5.05. The minimum Gasteiger partial charge on any atom is -0.495 e. The smallest absolute Gasteiger partial charge is 0.139 e. The summed E-state index contributed by atoms with van der Waals surface area (Å²) in [5.74, 6) is 0.599. The van der Waals surface area contributed by atoms with Crippen molar-refractivity contribution in [3.63, 3.8) is 0 Å². The van der Waals surface area contributed by atoms with Gasteiger partial charge in [-0.25, -0.2) is 0 Å². The zero-order chi connectivity index (χ0) is 10.6. The highest BCUT2D eigenvalue weighted by Gasteiger charge is 2.03. The Hall–Kier alpha value is -1.40. The highest BCUT2D eigenvalue weighted by molar-refractivity contribution is 6.32. The summed E-state index contributed by atoms with van der Waals surface area (Å²) in [7, 11) is 1.55. The van der Waals surface area contributed by atoms with Gasteiger partial charge in [0.1, 0.15) is 11.8 Å². The van der Waals surface area contributed by atoms with E-state index in [9.17, 15) is 0 Å². The number of halogens is 1. The first-order chi connectivity index (χ1) is 6.67. The second-order valence-corrected chi connectivity index (χ2v) is 3.25. The molecule has 74 valence electrons. The van der Waals surface area contributed by atoms with Gasteiger partial charge in [-0.1, -0.05) is 11.6 Å². The largest absolute Gasteiger partial charge is 0.495 e. The van der Waals surface area contributed by atoms with E-state index in [-0.39, 0.29) is 6.04 Å². The molecule has 1 unspecified atom stereocenters. The number of nitrogens with one attached hydrogen (secondary N) is 1. The van der Waals surface area contributed by atoms with Gasteiger partial charge in [-0.15, -0.1) is 0 Å². The van der Waals surface area contributed by atoms with Crippen molar-refractivity contribution in [2.75, 3.05) is 12.4 Å². The number of rotatable bonds is 3. The molecule has 0 saturated carbocycles. The number of anilines is 1. The Labute approximate surface area is 88.3 Å². The zero-order valence-electron chi connectivity index (χ0n) is 8.04. The molecule has 1 aromatic rings. The van der Waals surface area contributed by atoms with Gasteiger partial charge in [-0.2, -0.15) is 5.26 Å². The first-order valence-electron chi connectivity index (χ1n) is 4.17. The molecule has 3 nitrogen and oxygen atoms in total. The molecule has 4 heteroatoms. The highest BCUT2D eigenvalue weighted by Crippen LogP contribution is 2.27. The molecular weight excluding hydrogens is 200 g/mol. The van der Waals surface area contributed by atoms with Crippen LogP contribution >= 0.6 is 11.6 Å². The van der Waals surface area contributed by atoms with Crippen molar-refractivity contribution in [3.8, 4) is 11.8 Å². The lowest BCUT2D eigenvalue weighted by Gasteiger charge is -2.10. The van der Waals surface area contributed by atoms with Crippen LogP contribution in [0.4, 0.5) is 5.69 Å². The Morgan fingerprint density at radius 1 is 1.57 bits per heavy atom. The second-order valence-electron chi connectivity index (χ2n) is 2.84. The second kappa shape index (κ2) is 4.73. The third-order valence-electron chi connectivity index (χ3n) is 1.73. The summed E-state index contributed by atoms with van der Waals surface area (Å²) >= 11 is 5.85.